The van der Waals surface area contributed by atoms with Gasteiger partial charge in [-0.3, -0.25) is 0 Å². The molecule has 1 saturated carbocycles. The fourth-order valence-corrected chi connectivity index (χ4v) is 5.65. The average molecular weight is 298 g/mol. The van der Waals surface area contributed by atoms with E-state index >= 15 is 0 Å². The van der Waals surface area contributed by atoms with Gasteiger partial charge in [-0.2, -0.15) is 0 Å². The molecule has 13 heavy (non-hydrogen) atoms. The van der Waals surface area contributed by atoms with Gasteiger partial charge in [-0.25, -0.2) is 0 Å². The molecule has 0 aromatic carbocycles. The molecule has 0 bridgehead atoms. The molecule has 1 heterocycles. The van der Waals surface area contributed by atoms with Crippen LogP contribution < -0.4 is 21.2 Å². The third kappa shape index (κ3) is 2.17. The number of alkyl halides is 3. The van der Waals surface area contributed by atoms with Gasteiger partial charge in [-0.05, 0) is 0 Å². The van der Waals surface area contributed by atoms with Gasteiger partial charge >= 0.3 is 90.3 Å². The van der Waals surface area contributed by atoms with Gasteiger partial charge in [0.2, 0.25) is 0 Å². The molecule has 1 aliphatic heterocycles. The third-order valence-corrected chi connectivity index (χ3v) is 6.30. The zero-order chi connectivity index (χ0) is 9.64. The van der Waals surface area contributed by atoms with E-state index in [4.69, 9.17) is 0 Å². The molecule has 0 aromatic heterocycles. The first-order valence-electron chi connectivity index (χ1n) is 4.90. The van der Waals surface area contributed by atoms with Crippen molar-refractivity contribution >= 4 is 0 Å². The molecule has 1 saturated heterocycles. The average Bonchev–Trinajstić information content (AvgIpc) is 2.44. The van der Waals surface area contributed by atoms with Crippen LogP contribution in [0.3, 0.4) is 0 Å². The van der Waals surface area contributed by atoms with Gasteiger partial charge in [-0.15, -0.1) is 0 Å². The van der Waals surface area contributed by atoms with Crippen LogP contribution in [0.5, 0.6) is 0 Å². The molecule has 2 fully saturated rings. The summed E-state index contributed by atoms with van der Waals surface area (Å²) < 4.78 is 14.4. The summed E-state index contributed by atoms with van der Waals surface area (Å²) >= 11 is 0.449. The minimum atomic E-state index is -1.01. The van der Waals surface area contributed by atoms with Gasteiger partial charge in [-0.1, -0.05) is 0 Å². The quantitative estimate of drug-likeness (QED) is 0.447. The predicted molar refractivity (Wildman–Crippen MR) is 48.3 cm³/mol. The molecule has 2 rings (SSSR count). The Balaban J connectivity index is 1.78. The van der Waals surface area contributed by atoms with Crippen LogP contribution in [0.4, 0.5) is 4.39 Å². The molecule has 78 valence electrons. The third-order valence-electron chi connectivity index (χ3n) is 3.02. The van der Waals surface area contributed by atoms with Crippen molar-refractivity contribution in [3.05, 3.63) is 0 Å². The number of likely N-dealkylation sites (tertiary alicyclic amines) is 1. The second-order valence-corrected chi connectivity index (χ2v) is 7.59. The molecular formula is C10H18FIN-. The Bertz CT molecular complexity index is 190. The SMILES string of the molecule is C[I-]C1C2CN(CC(C)(C)F)CC21. The molecule has 0 aromatic rings. The number of hydrogen-bond acceptors (Lipinski definition) is 1. The van der Waals surface area contributed by atoms with Crippen LogP contribution in [0.2, 0.25) is 0 Å². The van der Waals surface area contributed by atoms with Crippen molar-refractivity contribution in [1.82, 2.24) is 4.90 Å². The standard InChI is InChI=1S/C10H18FIN/c1-10(2,11)6-13-4-7-8(5-13)9(7)12-3/h7-9H,4-6H2,1-3H3/q-1. The van der Waals surface area contributed by atoms with Crippen LogP contribution in [0.15, 0.2) is 0 Å². The molecule has 2 unspecified atom stereocenters. The van der Waals surface area contributed by atoms with Crippen LogP contribution in [0.25, 0.3) is 0 Å². The van der Waals surface area contributed by atoms with Crippen molar-refractivity contribution in [2.75, 3.05) is 24.6 Å². The van der Waals surface area contributed by atoms with Gasteiger partial charge < -0.3 is 0 Å². The fraction of sp³-hybridized carbons (Fsp3) is 1.00. The topological polar surface area (TPSA) is 3.24 Å². The summed E-state index contributed by atoms with van der Waals surface area (Å²) in [5.41, 5.74) is -1.01. The zero-order valence-corrected chi connectivity index (χ0v) is 10.7. The van der Waals surface area contributed by atoms with Crippen molar-refractivity contribution in [2.45, 2.75) is 23.4 Å². The molecule has 1 nitrogen and oxygen atoms in total. The van der Waals surface area contributed by atoms with Crippen molar-refractivity contribution in [2.24, 2.45) is 11.8 Å². The normalized spacial score (nSPS) is 39.5. The molecule has 2 atom stereocenters. The number of hydrogen-bond donors (Lipinski definition) is 0. The number of nitrogens with zero attached hydrogens (tertiary/aromatic N) is 1. The van der Waals surface area contributed by atoms with E-state index in [9.17, 15) is 4.39 Å². The van der Waals surface area contributed by atoms with Crippen molar-refractivity contribution in [3.8, 4) is 0 Å². The minimum absolute atomic E-state index is 0.449. The molecular weight excluding hydrogens is 280 g/mol. The van der Waals surface area contributed by atoms with Gasteiger partial charge in [0.25, 0.3) is 0 Å². The first-order valence-corrected chi connectivity index (χ1v) is 8.31. The van der Waals surface area contributed by atoms with Gasteiger partial charge in [0.15, 0.2) is 0 Å². The van der Waals surface area contributed by atoms with E-state index in [1.807, 2.05) is 0 Å². The van der Waals surface area contributed by atoms with Crippen molar-refractivity contribution in [3.63, 3.8) is 0 Å². The molecule has 1 aliphatic carbocycles. The number of halogens is 2. The number of fused-ring (bicyclic) bond motifs is 1. The van der Waals surface area contributed by atoms with Gasteiger partial charge in [0, 0.05) is 0 Å². The summed E-state index contributed by atoms with van der Waals surface area (Å²) in [5, 5.41) is 0. The summed E-state index contributed by atoms with van der Waals surface area (Å²) in [6.07, 6.45) is 0. The second kappa shape index (κ2) is 3.33. The molecule has 3 heteroatoms. The van der Waals surface area contributed by atoms with Crippen LogP contribution in [-0.2, 0) is 0 Å². The summed E-state index contributed by atoms with van der Waals surface area (Å²) in [6.45, 7) is 6.35. The molecule has 2 aliphatic rings. The van der Waals surface area contributed by atoms with E-state index < -0.39 is 5.67 Å². The Morgan fingerprint density at radius 2 is 1.92 bits per heavy atom. The summed E-state index contributed by atoms with van der Waals surface area (Å²) in [7, 11) is 0. The van der Waals surface area contributed by atoms with E-state index in [1.54, 1.807) is 13.8 Å². The van der Waals surface area contributed by atoms with E-state index in [0.717, 1.165) is 15.8 Å². The fourth-order valence-electron chi connectivity index (χ4n) is 2.53. The Morgan fingerprint density at radius 3 is 2.31 bits per heavy atom. The maximum absolute atomic E-state index is 13.3. The molecule has 0 radical (unpaired) electrons. The van der Waals surface area contributed by atoms with E-state index in [-0.39, 0.29) is 0 Å². The number of piperidine rings is 1. The Labute approximate surface area is 90.3 Å². The molecule has 0 spiro atoms. The molecule has 0 N–H and O–H groups in total. The van der Waals surface area contributed by atoms with Crippen molar-refractivity contribution < 1.29 is 25.6 Å². The summed E-state index contributed by atoms with van der Waals surface area (Å²) in [5.74, 6) is 1.92. The summed E-state index contributed by atoms with van der Waals surface area (Å²) in [4.78, 5) is 4.69. The second-order valence-electron chi connectivity index (χ2n) is 4.90. The van der Waals surface area contributed by atoms with Crippen LogP contribution >= 0.6 is 0 Å². The number of rotatable bonds is 3. The van der Waals surface area contributed by atoms with E-state index in [2.05, 4.69) is 9.83 Å². The molecule has 0 amide bonds. The van der Waals surface area contributed by atoms with Crippen molar-refractivity contribution in [1.29, 1.82) is 0 Å². The Morgan fingerprint density at radius 1 is 1.38 bits per heavy atom. The van der Waals surface area contributed by atoms with E-state index in [1.165, 1.54) is 13.1 Å². The first kappa shape index (κ1) is 10.1. The Kier molecular flexibility index (Phi) is 2.60. The summed E-state index contributed by atoms with van der Waals surface area (Å²) in [6, 6.07) is 0. The van der Waals surface area contributed by atoms with Crippen LogP contribution in [-0.4, -0.2) is 39.1 Å². The van der Waals surface area contributed by atoms with Crippen LogP contribution in [0, 0.1) is 11.8 Å². The van der Waals surface area contributed by atoms with Gasteiger partial charge in [0.05, 0.1) is 0 Å². The maximum atomic E-state index is 13.3. The Hall–Kier alpha value is 0.620. The first-order chi connectivity index (χ1) is 6.01. The van der Waals surface area contributed by atoms with Crippen LogP contribution in [0.1, 0.15) is 13.8 Å². The van der Waals surface area contributed by atoms with E-state index in [0.29, 0.717) is 27.7 Å². The predicted octanol–water partition coefficient (Wildman–Crippen LogP) is -1.62. The monoisotopic (exact) mass is 298 g/mol. The zero-order valence-electron chi connectivity index (χ0n) is 8.56. The van der Waals surface area contributed by atoms with Gasteiger partial charge in [0.1, 0.15) is 0 Å².